The zero-order chi connectivity index (χ0) is 18.1. The highest BCUT2D eigenvalue weighted by Crippen LogP contribution is 2.51. The van der Waals surface area contributed by atoms with Gasteiger partial charge >= 0.3 is 0 Å². The lowest BCUT2D eigenvalue weighted by Gasteiger charge is -2.22. The predicted octanol–water partition coefficient (Wildman–Crippen LogP) is 6.74. The van der Waals surface area contributed by atoms with Crippen LogP contribution in [0.2, 0.25) is 0 Å². The van der Waals surface area contributed by atoms with E-state index in [1.54, 1.807) is 17.7 Å². The number of aryl methyl sites for hydroxylation is 1. The van der Waals surface area contributed by atoms with Crippen molar-refractivity contribution in [1.29, 1.82) is 0 Å². The number of thiophene rings is 1. The van der Waals surface area contributed by atoms with Crippen LogP contribution >= 0.6 is 27.3 Å². The van der Waals surface area contributed by atoms with E-state index >= 15 is 0 Å². The Bertz CT molecular complexity index is 1190. The van der Waals surface area contributed by atoms with E-state index in [0.29, 0.717) is 0 Å². The molecule has 0 saturated carbocycles. The maximum Gasteiger partial charge on any atom is 0.116 e. The van der Waals surface area contributed by atoms with E-state index in [1.807, 2.05) is 0 Å². The summed E-state index contributed by atoms with van der Waals surface area (Å²) in [6.07, 6.45) is 1.66. The number of hydrogen-bond acceptors (Lipinski definition) is 3. The van der Waals surface area contributed by atoms with E-state index in [1.165, 1.54) is 33.4 Å². The van der Waals surface area contributed by atoms with Crippen molar-refractivity contribution in [3.63, 3.8) is 0 Å². The molecule has 0 saturated heterocycles. The largest absolute Gasteiger partial charge is 0.235 e. The highest BCUT2D eigenvalue weighted by Gasteiger charge is 2.36. The quantitative estimate of drug-likeness (QED) is 0.340. The first kappa shape index (κ1) is 16.2. The molecule has 4 heteroatoms. The van der Waals surface area contributed by atoms with Crippen LogP contribution in [0, 0.1) is 6.92 Å². The summed E-state index contributed by atoms with van der Waals surface area (Å²) in [6.45, 7) is 6.85. The number of hydrogen-bond donors (Lipinski definition) is 0. The lowest BCUT2D eigenvalue weighted by Crippen LogP contribution is -2.15. The van der Waals surface area contributed by atoms with Crippen LogP contribution < -0.4 is 0 Å². The number of nitrogens with zero attached hydrogens (tertiary/aromatic N) is 2. The van der Waals surface area contributed by atoms with E-state index in [9.17, 15) is 0 Å². The third-order valence-electron chi connectivity index (χ3n) is 5.46. The van der Waals surface area contributed by atoms with Gasteiger partial charge < -0.3 is 0 Å². The molecule has 128 valence electrons. The summed E-state index contributed by atoms with van der Waals surface area (Å²) < 4.78 is 2.17. The Labute approximate surface area is 165 Å². The molecule has 0 aliphatic heterocycles. The number of halogens is 1. The van der Waals surface area contributed by atoms with Crippen LogP contribution in [-0.4, -0.2) is 9.97 Å². The molecule has 0 fully saturated rings. The van der Waals surface area contributed by atoms with Gasteiger partial charge in [0.1, 0.15) is 6.33 Å². The molecule has 1 aliphatic rings. The van der Waals surface area contributed by atoms with Crippen molar-refractivity contribution in [3.05, 3.63) is 69.3 Å². The fourth-order valence-electron chi connectivity index (χ4n) is 4.19. The molecule has 2 heterocycles. The van der Waals surface area contributed by atoms with Gasteiger partial charge in [-0.25, -0.2) is 9.97 Å². The van der Waals surface area contributed by atoms with E-state index in [-0.39, 0.29) is 5.41 Å². The van der Waals surface area contributed by atoms with Crippen molar-refractivity contribution in [2.45, 2.75) is 26.2 Å². The Morgan fingerprint density at radius 1 is 1.04 bits per heavy atom. The molecule has 2 aromatic heterocycles. The third-order valence-corrected chi connectivity index (χ3v) is 7.35. The van der Waals surface area contributed by atoms with Crippen LogP contribution in [0.25, 0.3) is 32.6 Å². The summed E-state index contributed by atoms with van der Waals surface area (Å²) in [4.78, 5) is 9.07. The van der Waals surface area contributed by atoms with E-state index < -0.39 is 0 Å². The summed E-state index contributed by atoms with van der Waals surface area (Å²) in [5.41, 5.74) is 10.0. The van der Waals surface area contributed by atoms with Crippen molar-refractivity contribution in [3.8, 4) is 22.4 Å². The molecule has 2 nitrogen and oxygen atoms in total. The number of benzene rings is 2. The van der Waals surface area contributed by atoms with Crippen molar-refractivity contribution < 1.29 is 0 Å². The molecule has 2 aromatic carbocycles. The second-order valence-electron chi connectivity index (χ2n) is 7.37. The molecule has 0 spiro atoms. The molecule has 4 aromatic rings. The first-order chi connectivity index (χ1) is 12.5. The highest BCUT2D eigenvalue weighted by atomic mass is 79.9. The van der Waals surface area contributed by atoms with Crippen LogP contribution in [0.1, 0.15) is 30.5 Å². The highest BCUT2D eigenvalue weighted by molar-refractivity contribution is 9.10. The van der Waals surface area contributed by atoms with Crippen molar-refractivity contribution >= 4 is 37.5 Å². The number of rotatable bonds is 1. The van der Waals surface area contributed by atoms with Gasteiger partial charge in [-0.15, -0.1) is 11.3 Å². The molecule has 0 unspecified atom stereocenters. The average Bonchev–Trinajstić information content (AvgIpc) is 3.12. The fraction of sp³-hybridized carbons (Fsp3) is 0.182. The van der Waals surface area contributed by atoms with Crippen molar-refractivity contribution in [1.82, 2.24) is 9.97 Å². The van der Waals surface area contributed by atoms with E-state index in [0.717, 1.165) is 20.4 Å². The molecular formula is C22H17BrN2S. The Kier molecular flexibility index (Phi) is 3.40. The van der Waals surface area contributed by atoms with Gasteiger partial charge in [0.15, 0.2) is 0 Å². The smallest absolute Gasteiger partial charge is 0.116 e. The summed E-state index contributed by atoms with van der Waals surface area (Å²) in [5, 5.41) is 2.09. The molecular weight excluding hydrogens is 404 g/mol. The van der Waals surface area contributed by atoms with Crippen LogP contribution in [0.5, 0.6) is 0 Å². The molecule has 0 N–H and O–H groups in total. The van der Waals surface area contributed by atoms with E-state index in [2.05, 4.69) is 88.4 Å². The van der Waals surface area contributed by atoms with Crippen molar-refractivity contribution in [2.24, 2.45) is 0 Å². The lowest BCUT2D eigenvalue weighted by molar-refractivity contribution is 0.660. The zero-order valence-electron chi connectivity index (χ0n) is 14.8. The molecule has 5 rings (SSSR count). The van der Waals surface area contributed by atoms with Gasteiger partial charge in [-0.05, 0) is 62.8 Å². The molecule has 0 bridgehead atoms. The molecule has 0 amide bonds. The van der Waals surface area contributed by atoms with Crippen LogP contribution in [0.15, 0.2) is 52.6 Å². The first-order valence-corrected chi connectivity index (χ1v) is 10.3. The second-order valence-corrected chi connectivity index (χ2v) is 9.10. The Morgan fingerprint density at radius 2 is 1.85 bits per heavy atom. The number of fused-ring (bicyclic) bond motifs is 4. The van der Waals surface area contributed by atoms with Gasteiger partial charge in [0.05, 0.1) is 20.4 Å². The standard InChI is InChI=1S/C22H17BrN2S/c1-12-8-13(19-21-20(25-11-24-19)17(23)10-26-21)9-16-18(12)14-6-4-5-7-15(14)22(16,2)3/h4-11H,1-3H3. The molecule has 1 aliphatic carbocycles. The van der Waals surface area contributed by atoms with Gasteiger partial charge in [-0.1, -0.05) is 38.1 Å². The van der Waals surface area contributed by atoms with E-state index in [4.69, 9.17) is 0 Å². The predicted molar refractivity (Wildman–Crippen MR) is 113 cm³/mol. The molecule has 0 radical (unpaired) electrons. The maximum atomic E-state index is 4.63. The first-order valence-electron chi connectivity index (χ1n) is 8.61. The minimum absolute atomic E-state index is 0.00508. The fourth-order valence-corrected chi connectivity index (χ4v) is 5.79. The van der Waals surface area contributed by atoms with Crippen LogP contribution in [0.4, 0.5) is 0 Å². The summed E-state index contributed by atoms with van der Waals surface area (Å²) in [7, 11) is 0. The minimum atomic E-state index is -0.00508. The molecule has 0 atom stereocenters. The van der Waals surface area contributed by atoms with Crippen LogP contribution in [-0.2, 0) is 5.41 Å². The van der Waals surface area contributed by atoms with Crippen LogP contribution in [0.3, 0.4) is 0 Å². The average molecular weight is 421 g/mol. The van der Waals surface area contributed by atoms with Gasteiger partial charge in [0, 0.05) is 16.4 Å². The molecule has 26 heavy (non-hydrogen) atoms. The normalized spacial score (nSPS) is 14.5. The Morgan fingerprint density at radius 3 is 2.69 bits per heavy atom. The van der Waals surface area contributed by atoms with Gasteiger partial charge in [0.25, 0.3) is 0 Å². The summed E-state index contributed by atoms with van der Waals surface area (Å²) >= 11 is 5.29. The minimum Gasteiger partial charge on any atom is -0.235 e. The van der Waals surface area contributed by atoms with Crippen molar-refractivity contribution in [2.75, 3.05) is 0 Å². The zero-order valence-corrected chi connectivity index (χ0v) is 17.2. The summed E-state index contributed by atoms with van der Waals surface area (Å²) in [6, 6.07) is 13.4. The summed E-state index contributed by atoms with van der Waals surface area (Å²) in [5.74, 6) is 0. The Hall–Kier alpha value is -2.04. The maximum absolute atomic E-state index is 4.63. The second kappa shape index (κ2) is 5.48. The Balaban J connectivity index is 1.81. The van der Waals surface area contributed by atoms with Gasteiger partial charge in [-0.2, -0.15) is 0 Å². The van der Waals surface area contributed by atoms with Gasteiger partial charge in [0.2, 0.25) is 0 Å². The SMILES string of the molecule is Cc1cc(-c2ncnc3c(Br)csc23)cc2c1-c1ccccc1C2(C)C. The topological polar surface area (TPSA) is 25.8 Å². The lowest BCUT2D eigenvalue weighted by atomic mass is 9.81. The third kappa shape index (κ3) is 2.09. The van der Waals surface area contributed by atoms with Gasteiger partial charge in [-0.3, -0.25) is 0 Å². The number of aromatic nitrogens is 2. The monoisotopic (exact) mass is 420 g/mol.